The Balaban J connectivity index is 0.00000120. The maximum absolute atomic E-state index is 10.9. The van der Waals surface area contributed by atoms with Crippen molar-refractivity contribution in [3.63, 3.8) is 0 Å². The molecule has 0 amide bonds. The molecule has 2 heterocycles. The van der Waals surface area contributed by atoms with Gasteiger partial charge in [-0.3, -0.25) is 4.98 Å². The zero-order chi connectivity index (χ0) is 11.8. The van der Waals surface area contributed by atoms with Crippen molar-refractivity contribution in [2.75, 3.05) is 0 Å². The van der Waals surface area contributed by atoms with E-state index in [0.717, 1.165) is 16.3 Å². The Kier molecular flexibility index (Phi) is 3.28. The van der Waals surface area contributed by atoms with Gasteiger partial charge in [0.1, 0.15) is 5.69 Å². The van der Waals surface area contributed by atoms with E-state index < -0.39 is 5.97 Å². The van der Waals surface area contributed by atoms with E-state index in [1.54, 1.807) is 12.3 Å². The third kappa shape index (κ3) is 1.94. The quantitative estimate of drug-likeness (QED) is 0.552. The zero-order valence-corrected chi connectivity index (χ0v) is 10.0. The van der Waals surface area contributed by atoms with Crippen molar-refractivity contribution in [3.8, 4) is 0 Å². The molecule has 0 aliphatic rings. The van der Waals surface area contributed by atoms with E-state index in [1.807, 2.05) is 24.3 Å². The van der Waals surface area contributed by atoms with Crippen LogP contribution >= 0.6 is 0 Å². The summed E-state index contributed by atoms with van der Waals surface area (Å²) in [6.07, 6.45) is 1.68. The molecule has 3 rings (SSSR count). The van der Waals surface area contributed by atoms with Crippen molar-refractivity contribution in [1.82, 2.24) is 9.97 Å². The summed E-state index contributed by atoms with van der Waals surface area (Å²) in [7, 11) is 0. The van der Waals surface area contributed by atoms with Gasteiger partial charge >= 0.3 is 5.97 Å². The van der Waals surface area contributed by atoms with E-state index in [-0.39, 0.29) is 22.8 Å². The second-order valence-corrected chi connectivity index (χ2v) is 3.71. The van der Waals surface area contributed by atoms with Crippen LogP contribution in [0, 0.1) is 0 Å². The molecule has 0 unspecified atom stereocenters. The summed E-state index contributed by atoms with van der Waals surface area (Å²) < 4.78 is 0. The van der Waals surface area contributed by atoms with E-state index in [9.17, 15) is 4.79 Å². The van der Waals surface area contributed by atoms with Crippen LogP contribution in [0.5, 0.6) is 0 Å². The van der Waals surface area contributed by atoms with Gasteiger partial charge in [-0.1, -0.05) is 24.3 Å². The van der Waals surface area contributed by atoms with Gasteiger partial charge in [0.25, 0.3) is 0 Å². The molecule has 0 fully saturated rings. The van der Waals surface area contributed by atoms with Gasteiger partial charge in [0.15, 0.2) is 0 Å². The molecule has 0 saturated heterocycles. The van der Waals surface area contributed by atoms with Gasteiger partial charge in [-0.2, -0.15) is 0 Å². The molecule has 0 spiro atoms. The number of carboxylic acids is 1. The van der Waals surface area contributed by atoms with E-state index in [4.69, 9.17) is 5.11 Å². The zero-order valence-electron chi connectivity index (χ0n) is 9.09. The molecule has 0 atom stereocenters. The number of nitrogens with zero attached hydrogens (tertiary/aromatic N) is 2. The van der Waals surface area contributed by atoms with Gasteiger partial charge in [0.05, 0.1) is 11.0 Å². The topological polar surface area (TPSA) is 63.1 Å². The van der Waals surface area contributed by atoms with Gasteiger partial charge in [-0.05, 0) is 12.1 Å². The fraction of sp³-hybridized carbons (Fsp3) is 0. The summed E-state index contributed by atoms with van der Waals surface area (Å²) >= 11 is 0. The molecule has 5 heteroatoms. The SMILES string of the molecule is O=C(O)c1ccc2ccc3cccnc3c2n1.[Cu]. The number of aromatic nitrogens is 2. The van der Waals surface area contributed by atoms with Gasteiger partial charge in [0.2, 0.25) is 0 Å². The Bertz CT molecular complexity index is 743. The van der Waals surface area contributed by atoms with Gasteiger partial charge in [-0.25, -0.2) is 9.78 Å². The predicted octanol–water partition coefficient (Wildman–Crippen LogP) is 2.48. The Hall–Kier alpha value is -1.97. The summed E-state index contributed by atoms with van der Waals surface area (Å²) in [5.41, 5.74) is 1.40. The predicted molar refractivity (Wildman–Crippen MR) is 64.0 cm³/mol. The molecular formula is C13H8CuN2O2. The number of pyridine rings is 2. The van der Waals surface area contributed by atoms with Crippen molar-refractivity contribution >= 4 is 27.8 Å². The van der Waals surface area contributed by atoms with Crippen LogP contribution in [0.4, 0.5) is 0 Å². The standard InChI is InChI=1S/C13H8N2O2.Cu/c16-13(17)10-6-5-9-4-3-8-2-1-7-14-11(8)12(9)15-10;/h1-7H,(H,16,17);. The second-order valence-electron chi connectivity index (χ2n) is 3.71. The first-order chi connectivity index (χ1) is 8.25. The molecule has 1 N–H and O–H groups in total. The van der Waals surface area contributed by atoms with Crippen LogP contribution in [0.25, 0.3) is 21.8 Å². The Labute approximate surface area is 113 Å². The average Bonchev–Trinajstić information content (AvgIpc) is 2.38. The number of aromatic carboxylic acids is 1. The van der Waals surface area contributed by atoms with Gasteiger partial charge in [0, 0.05) is 34.0 Å². The third-order valence-corrected chi connectivity index (χ3v) is 2.65. The fourth-order valence-corrected chi connectivity index (χ4v) is 1.84. The summed E-state index contributed by atoms with van der Waals surface area (Å²) in [5, 5.41) is 10.8. The molecule has 0 aliphatic heterocycles. The van der Waals surface area contributed by atoms with Crippen LogP contribution in [0.2, 0.25) is 0 Å². The number of hydrogen-bond donors (Lipinski definition) is 1. The molecule has 2 aromatic heterocycles. The molecule has 1 aromatic carbocycles. The molecule has 0 saturated carbocycles. The molecule has 0 aliphatic carbocycles. The second kappa shape index (κ2) is 4.72. The number of hydrogen-bond acceptors (Lipinski definition) is 3. The number of carbonyl (C=O) groups is 1. The third-order valence-electron chi connectivity index (χ3n) is 2.65. The van der Waals surface area contributed by atoms with Crippen molar-refractivity contribution in [1.29, 1.82) is 0 Å². The summed E-state index contributed by atoms with van der Waals surface area (Å²) in [4.78, 5) is 19.3. The first-order valence-corrected chi connectivity index (χ1v) is 5.13. The van der Waals surface area contributed by atoms with E-state index in [2.05, 4.69) is 9.97 Å². The number of rotatable bonds is 1. The number of benzene rings is 1. The monoisotopic (exact) mass is 287 g/mol. The van der Waals surface area contributed by atoms with Crippen molar-refractivity contribution in [2.45, 2.75) is 0 Å². The van der Waals surface area contributed by atoms with Gasteiger partial charge < -0.3 is 5.11 Å². The minimum absolute atomic E-state index is 0. The smallest absolute Gasteiger partial charge is 0.354 e. The molecule has 0 bridgehead atoms. The molecule has 93 valence electrons. The minimum Gasteiger partial charge on any atom is -0.477 e. The number of fused-ring (bicyclic) bond motifs is 3. The van der Waals surface area contributed by atoms with Gasteiger partial charge in [-0.15, -0.1) is 0 Å². The minimum atomic E-state index is -1.03. The van der Waals surface area contributed by atoms with Crippen LogP contribution < -0.4 is 0 Å². The van der Waals surface area contributed by atoms with Crippen LogP contribution in [-0.4, -0.2) is 21.0 Å². The fourth-order valence-electron chi connectivity index (χ4n) is 1.84. The molecule has 3 aromatic rings. The van der Waals surface area contributed by atoms with Crippen molar-refractivity contribution < 1.29 is 27.0 Å². The molecule has 4 nitrogen and oxygen atoms in total. The van der Waals surface area contributed by atoms with E-state index in [0.29, 0.717) is 5.52 Å². The largest absolute Gasteiger partial charge is 0.477 e. The van der Waals surface area contributed by atoms with Crippen LogP contribution in [0.1, 0.15) is 10.5 Å². The van der Waals surface area contributed by atoms with Crippen molar-refractivity contribution in [3.05, 3.63) is 48.3 Å². The molecule has 1 radical (unpaired) electrons. The Morgan fingerprint density at radius 1 is 1.00 bits per heavy atom. The average molecular weight is 288 g/mol. The van der Waals surface area contributed by atoms with Crippen LogP contribution in [0.15, 0.2) is 42.6 Å². The van der Waals surface area contributed by atoms with Crippen LogP contribution in [-0.2, 0) is 17.1 Å². The maximum atomic E-state index is 10.9. The number of carboxylic acid groups (broad SMARTS) is 1. The van der Waals surface area contributed by atoms with E-state index >= 15 is 0 Å². The van der Waals surface area contributed by atoms with Crippen LogP contribution in [0.3, 0.4) is 0 Å². The van der Waals surface area contributed by atoms with E-state index in [1.165, 1.54) is 6.07 Å². The Morgan fingerprint density at radius 2 is 1.67 bits per heavy atom. The summed E-state index contributed by atoms with van der Waals surface area (Å²) in [6, 6.07) is 10.9. The summed E-state index contributed by atoms with van der Waals surface area (Å²) in [5.74, 6) is -1.03. The molecule has 18 heavy (non-hydrogen) atoms. The first-order valence-electron chi connectivity index (χ1n) is 5.13. The first kappa shape index (κ1) is 12.5. The maximum Gasteiger partial charge on any atom is 0.354 e. The Morgan fingerprint density at radius 3 is 2.39 bits per heavy atom. The summed E-state index contributed by atoms with van der Waals surface area (Å²) in [6.45, 7) is 0. The molecular weight excluding hydrogens is 280 g/mol. The van der Waals surface area contributed by atoms with Crippen molar-refractivity contribution in [2.24, 2.45) is 0 Å². The normalized spacial score (nSPS) is 10.2.